The van der Waals surface area contributed by atoms with Gasteiger partial charge in [0.1, 0.15) is 0 Å². The Morgan fingerprint density at radius 3 is 2.35 bits per heavy atom. The highest BCUT2D eigenvalue weighted by molar-refractivity contribution is 6.35. The highest BCUT2D eigenvalue weighted by atomic mass is 35.5. The zero-order valence-corrected chi connectivity index (χ0v) is 16.0. The van der Waals surface area contributed by atoms with Crippen molar-refractivity contribution in [1.82, 2.24) is 0 Å². The molecule has 3 aromatic rings. The zero-order chi connectivity index (χ0) is 18.1. The number of hydrazone groups is 1. The number of anilines is 1. The SMILES string of the molecule is Clc1cccc([C@H]2CC(c3ccccc3)=NN2c2cc(Cl)ccc2Cl)c1. The van der Waals surface area contributed by atoms with Crippen LogP contribution in [0.3, 0.4) is 0 Å². The van der Waals surface area contributed by atoms with Gasteiger partial charge in [0.15, 0.2) is 0 Å². The van der Waals surface area contributed by atoms with Crippen molar-refractivity contribution in [3.63, 3.8) is 0 Å². The Kier molecular flexibility index (Phi) is 4.90. The molecule has 26 heavy (non-hydrogen) atoms. The van der Waals surface area contributed by atoms with E-state index in [-0.39, 0.29) is 6.04 Å². The molecule has 1 atom stereocenters. The number of benzene rings is 3. The van der Waals surface area contributed by atoms with E-state index in [2.05, 4.69) is 18.2 Å². The first-order valence-electron chi connectivity index (χ1n) is 8.24. The number of nitrogens with zero attached hydrogens (tertiary/aromatic N) is 2. The van der Waals surface area contributed by atoms with Crippen molar-refractivity contribution in [3.8, 4) is 0 Å². The topological polar surface area (TPSA) is 15.6 Å². The van der Waals surface area contributed by atoms with E-state index in [1.54, 1.807) is 12.1 Å². The molecular weight excluding hydrogens is 387 g/mol. The molecule has 2 nitrogen and oxygen atoms in total. The summed E-state index contributed by atoms with van der Waals surface area (Å²) in [7, 11) is 0. The van der Waals surface area contributed by atoms with Gasteiger partial charge in [0.25, 0.3) is 0 Å². The molecule has 0 N–H and O–H groups in total. The van der Waals surface area contributed by atoms with Gasteiger partial charge < -0.3 is 0 Å². The van der Waals surface area contributed by atoms with Gasteiger partial charge in [-0.05, 0) is 41.5 Å². The van der Waals surface area contributed by atoms with E-state index in [0.717, 1.165) is 28.9 Å². The Morgan fingerprint density at radius 1 is 0.808 bits per heavy atom. The molecule has 130 valence electrons. The Labute approximate surface area is 167 Å². The van der Waals surface area contributed by atoms with Gasteiger partial charge in [-0.15, -0.1) is 0 Å². The lowest BCUT2D eigenvalue weighted by Gasteiger charge is -2.25. The molecule has 0 unspecified atom stereocenters. The predicted molar refractivity (Wildman–Crippen MR) is 111 cm³/mol. The average molecular weight is 402 g/mol. The van der Waals surface area contributed by atoms with Gasteiger partial charge >= 0.3 is 0 Å². The van der Waals surface area contributed by atoms with Gasteiger partial charge in [0, 0.05) is 16.5 Å². The summed E-state index contributed by atoms with van der Waals surface area (Å²) in [6.45, 7) is 0. The van der Waals surface area contributed by atoms with E-state index in [1.807, 2.05) is 47.5 Å². The molecule has 3 aromatic carbocycles. The van der Waals surface area contributed by atoms with Crippen molar-refractivity contribution in [2.45, 2.75) is 12.5 Å². The second-order valence-corrected chi connectivity index (χ2v) is 7.41. The Hall–Kier alpha value is -2.00. The summed E-state index contributed by atoms with van der Waals surface area (Å²) in [5.74, 6) is 0. The summed E-state index contributed by atoms with van der Waals surface area (Å²) in [4.78, 5) is 0. The van der Waals surface area contributed by atoms with Crippen molar-refractivity contribution < 1.29 is 0 Å². The van der Waals surface area contributed by atoms with E-state index in [0.29, 0.717) is 15.1 Å². The molecular formula is C21H15Cl3N2. The molecule has 0 aromatic heterocycles. The summed E-state index contributed by atoms with van der Waals surface area (Å²) in [6, 6.07) is 23.4. The Morgan fingerprint density at radius 2 is 1.58 bits per heavy atom. The van der Waals surface area contributed by atoms with Crippen molar-refractivity contribution in [2.75, 3.05) is 5.01 Å². The minimum atomic E-state index is -0.000118. The lowest BCUT2D eigenvalue weighted by atomic mass is 9.98. The quantitative estimate of drug-likeness (QED) is 0.461. The van der Waals surface area contributed by atoms with E-state index in [1.165, 1.54) is 0 Å². The fourth-order valence-corrected chi connectivity index (χ4v) is 3.74. The first-order valence-corrected chi connectivity index (χ1v) is 9.38. The van der Waals surface area contributed by atoms with Crippen molar-refractivity contribution in [1.29, 1.82) is 0 Å². The van der Waals surface area contributed by atoms with Gasteiger partial charge in [-0.1, -0.05) is 77.3 Å². The minimum absolute atomic E-state index is 0.000118. The normalized spacial score (nSPS) is 16.7. The second kappa shape index (κ2) is 7.32. The van der Waals surface area contributed by atoms with Crippen LogP contribution in [0.5, 0.6) is 0 Å². The van der Waals surface area contributed by atoms with Crippen LogP contribution in [0.2, 0.25) is 15.1 Å². The molecule has 4 rings (SSSR count). The number of hydrogen-bond acceptors (Lipinski definition) is 2. The molecule has 0 bridgehead atoms. The van der Waals surface area contributed by atoms with Crippen molar-refractivity contribution in [2.24, 2.45) is 5.10 Å². The summed E-state index contributed by atoms with van der Waals surface area (Å²) < 4.78 is 0. The van der Waals surface area contributed by atoms with Gasteiger partial charge in [-0.25, -0.2) is 0 Å². The fourth-order valence-electron chi connectivity index (χ4n) is 3.17. The summed E-state index contributed by atoms with van der Waals surface area (Å²) in [6.07, 6.45) is 0.757. The van der Waals surface area contributed by atoms with Crippen LogP contribution in [0.4, 0.5) is 5.69 Å². The summed E-state index contributed by atoms with van der Waals surface area (Å²) >= 11 is 18.9. The zero-order valence-electron chi connectivity index (χ0n) is 13.7. The van der Waals surface area contributed by atoms with Gasteiger partial charge in [0.2, 0.25) is 0 Å². The van der Waals surface area contributed by atoms with Crippen LogP contribution < -0.4 is 5.01 Å². The third kappa shape index (κ3) is 3.45. The molecule has 1 aliphatic heterocycles. The Balaban J connectivity index is 1.81. The number of halogens is 3. The molecule has 1 aliphatic rings. The Bertz CT molecular complexity index is 970. The maximum Gasteiger partial charge on any atom is 0.0832 e. The summed E-state index contributed by atoms with van der Waals surface area (Å²) in [5.41, 5.74) is 3.98. The van der Waals surface area contributed by atoms with Crippen LogP contribution in [0, 0.1) is 0 Å². The number of rotatable bonds is 3. The highest BCUT2D eigenvalue weighted by Gasteiger charge is 2.31. The molecule has 0 saturated heterocycles. The maximum absolute atomic E-state index is 6.46. The van der Waals surface area contributed by atoms with Crippen LogP contribution in [0.15, 0.2) is 77.9 Å². The molecule has 0 amide bonds. The summed E-state index contributed by atoms with van der Waals surface area (Å²) in [5, 5.41) is 8.76. The van der Waals surface area contributed by atoms with Crippen LogP contribution in [0.1, 0.15) is 23.6 Å². The van der Waals surface area contributed by atoms with E-state index < -0.39 is 0 Å². The van der Waals surface area contributed by atoms with Crippen LogP contribution in [-0.2, 0) is 0 Å². The molecule has 0 fully saturated rings. The number of hydrogen-bond donors (Lipinski definition) is 0. The minimum Gasteiger partial charge on any atom is -0.256 e. The second-order valence-electron chi connectivity index (χ2n) is 6.13. The lowest BCUT2D eigenvalue weighted by molar-refractivity contribution is 0.709. The van der Waals surface area contributed by atoms with Gasteiger partial charge in [-0.2, -0.15) is 5.10 Å². The lowest BCUT2D eigenvalue weighted by Crippen LogP contribution is -2.18. The standard InChI is InChI=1S/C21H15Cl3N2/c22-16-8-4-7-15(11-16)20-13-19(14-5-2-1-3-6-14)25-26(20)21-12-17(23)9-10-18(21)24/h1-12,20H,13H2/t20-/m1/s1. The van der Waals surface area contributed by atoms with E-state index in [9.17, 15) is 0 Å². The molecule has 5 heteroatoms. The largest absolute Gasteiger partial charge is 0.256 e. The van der Waals surface area contributed by atoms with Crippen LogP contribution in [0.25, 0.3) is 0 Å². The monoisotopic (exact) mass is 400 g/mol. The highest BCUT2D eigenvalue weighted by Crippen LogP contribution is 2.41. The maximum atomic E-state index is 6.46. The smallest absolute Gasteiger partial charge is 0.0832 e. The molecule has 0 spiro atoms. The molecule has 0 radical (unpaired) electrons. The average Bonchev–Trinajstić information content (AvgIpc) is 3.10. The third-order valence-corrected chi connectivity index (χ3v) is 5.20. The van der Waals surface area contributed by atoms with E-state index >= 15 is 0 Å². The van der Waals surface area contributed by atoms with Crippen LogP contribution >= 0.6 is 34.8 Å². The van der Waals surface area contributed by atoms with Crippen LogP contribution in [-0.4, -0.2) is 5.71 Å². The van der Waals surface area contributed by atoms with Gasteiger partial charge in [0.05, 0.1) is 22.5 Å². The predicted octanol–water partition coefficient (Wildman–Crippen LogP) is 7.00. The van der Waals surface area contributed by atoms with Gasteiger partial charge in [-0.3, -0.25) is 5.01 Å². The van der Waals surface area contributed by atoms with Crippen molar-refractivity contribution in [3.05, 3.63) is 99.0 Å². The third-order valence-electron chi connectivity index (χ3n) is 4.41. The molecule has 0 aliphatic carbocycles. The molecule has 1 heterocycles. The fraction of sp³-hybridized carbons (Fsp3) is 0.0952. The first-order chi connectivity index (χ1) is 12.6. The van der Waals surface area contributed by atoms with Crippen molar-refractivity contribution >= 4 is 46.2 Å². The first kappa shape index (κ1) is 17.4. The molecule has 0 saturated carbocycles. The van der Waals surface area contributed by atoms with E-state index in [4.69, 9.17) is 39.9 Å².